The lowest BCUT2D eigenvalue weighted by Crippen LogP contribution is -2.35. The molecule has 2 rings (SSSR count). The second-order valence-electron chi connectivity index (χ2n) is 2.85. The number of aliphatic imine (C=N–C) groups is 1. The van der Waals surface area contributed by atoms with Gasteiger partial charge in [0.05, 0.1) is 5.69 Å². The molecule has 5 heteroatoms. The van der Waals surface area contributed by atoms with Gasteiger partial charge in [0.1, 0.15) is 5.69 Å². The minimum absolute atomic E-state index is 0.0633. The Morgan fingerprint density at radius 2 is 2.29 bits per heavy atom. The van der Waals surface area contributed by atoms with Crippen LogP contribution in [-0.4, -0.2) is 11.5 Å². The summed E-state index contributed by atoms with van der Waals surface area (Å²) < 4.78 is 5.93. The largest absolute Gasteiger partial charge is 0.272 e. The number of para-hydroxylation sites is 2. The molecule has 2 N–H and O–H groups in total. The van der Waals surface area contributed by atoms with Crippen LogP contribution in [0.1, 0.15) is 6.92 Å². The molecule has 0 bridgehead atoms. The molecule has 4 nitrogen and oxygen atoms in total. The van der Waals surface area contributed by atoms with Gasteiger partial charge in [0.15, 0.2) is 0 Å². The monoisotopic (exact) mass is 208 g/mol. The maximum Gasteiger partial charge on any atom is 0.272 e. The highest BCUT2D eigenvalue weighted by atomic mass is 32.2. The fourth-order valence-electron chi connectivity index (χ4n) is 1.13. The van der Waals surface area contributed by atoms with Crippen LogP contribution in [0.2, 0.25) is 0 Å². The number of nitrogens with one attached hydrogen (secondary N) is 2. The van der Waals surface area contributed by atoms with Crippen LogP contribution < -0.4 is 9.44 Å². The van der Waals surface area contributed by atoms with E-state index in [9.17, 15) is 4.79 Å². The third-order valence-corrected chi connectivity index (χ3v) is 2.94. The standard InChI is InChI=1S/C9H9N3OS/c1-7(13)11-14-6-10-8-4-2-3-5-9(8)12-14/h2-6H,1H3,(H,11,12,13)/p+1. The number of amides is 1. The molecule has 14 heavy (non-hydrogen) atoms. The van der Waals surface area contributed by atoms with Crippen LogP contribution in [0.4, 0.5) is 11.4 Å². The van der Waals surface area contributed by atoms with Crippen molar-refractivity contribution < 1.29 is 4.79 Å². The molecule has 1 aromatic carbocycles. The Balaban J connectivity index is 2.17. The van der Waals surface area contributed by atoms with Crippen molar-refractivity contribution in [1.82, 2.24) is 4.72 Å². The topological polar surface area (TPSA) is 53.5 Å². The van der Waals surface area contributed by atoms with Crippen LogP contribution in [0.15, 0.2) is 29.3 Å². The zero-order valence-corrected chi connectivity index (χ0v) is 8.47. The summed E-state index contributed by atoms with van der Waals surface area (Å²) in [5.41, 5.74) is 3.57. The molecule has 1 aliphatic rings. The maximum atomic E-state index is 10.8. The molecule has 1 unspecified atom stereocenters. The molecular weight excluding hydrogens is 198 g/mol. The van der Waals surface area contributed by atoms with Gasteiger partial charge in [-0.25, -0.2) is 4.99 Å². The molecule has 0 saturated heterocycles. The second kappa shape index (κ2) is 3.71. The summed E-state index contributed by atoms with van der Waals surface area (Å²) in [6.45, 7) is 1.49. The molecule has 1 amide bonds. The van der Waals surface area contributed by atoms with Crippen molar-refractivity contribution in [3.63, 3.8) is 0 Å². The minimum atomic E-state index is -0.477. The molecule has 0 spiro atoms. The molecule has 1 aliphatic heterocycles. The van der Waals surface area contributed by atoms with Gasteiger partial charge in [-0.1, -0.05) is 12.1 Å². The van der Waals surface area contributed by atoms with Crippen molar-refractivity contribution in [3.8, 4) is 0 Å². The number of hydrogen-bond acceptors (Lipinski definition) is 3. The molecule has 0 saturated carbocycles. The quantitative estimate of drug-likeness (QED) is 0.685. The molecular formula is C9H10N3OS+. The normalized spacial score (nSPS) is 18.2. The SMILES string of the molecule is CC(=O)N[S+]1C=Nc2ccccc2N1. The lowest BCUT2D eigenvalue weighted by atomic mass is 10.3. The van der Waals surface area contributed by atoms with Crippen LogP contribution >= 0.6 is 0 Å². The van der Waals surface area contributed by atoms with E-state index in [0.29, 0.717) is 0 Å². The predicted octanol–water partition coefficient (Wildman–Crippen LogP) is 1.36. The fourth-order valence-corrected chi connectivity index (χ4v) is 2.23. The van der Waals surface area contributed by atoms with E-state index in [0.717, 1.165) is 11.4 Å². The van der Waals surface area contributed by atoms with Gasteiger partial charge in [0, 0.05) is 6.92 Å². The van der Waals surface area contributed by atoms with Crippen LogP contribution in [0.5, 0.6) is 0 Å². The highest BCUT2D eigenvalue weighted by molar-refractivity contribution is 8.09. The Kier molecular flexibility index (Phi) is 2.41. The summed E-state index contributed by atoms with van der Waals surface area (Å²) in [5, 5.41) is 0. The van der Waals surface area contributed by atoms with Gasteiger partial charge in [-0.3, -0.25) is 4.79 Å². The molecule has 1 heterocycles. The zero-order valence-electron chi connectivity index (χ0n) is 7.65. The van der Waals surface area contributed by atoms with Crippen molar-refractivity contribution in [2.75, 3.05) is 4.72 Å². The van der Waals surface area contributed by atoms with Gasteiger partial charge in [0.2, 0.25) is 0 Å². The van der Waals surface area contributed by atoms with Gasteiger partial charge in [-0.05, 0) is 12.1 Å². The van der Waals surface area contributed by atoms with Crippen molar-refractivity contribution in [2.45, 2.75) is 6.92 Å². The highest BCUT2D eigenvalue weighted by Crippen LogP contribution is 2.27. The number of carbonyl (C=O) groups excluding carboxylic acids is 1. The summed E-state index contributed by atoms with van der Waals surface area (Å²) in [4.78, 5) is 15.1. The minimum Gasteiger partial charge on any atom is -0.271 e. The average Bonchev–Trinajstić information content (AvgIpc) is 2.17. The van der Waals surface area contributed by atoms with Crippen molar-refractivity contribution in [3.05, 3.63) is 24.3 Å². The van der Waals surface area contributed by atoms with E-state index in [1.165, 1.54) is 6.92 Å². The van der Waals surface area contributed by atoms with Crippen LogP contribution in [-0.2, 0) is 16.1 Å². The Bertz CT molecular complexity index is 391. The summed E-state index contributed by atoms with van der Waals surface area (Å²) in [7, 11) is 0. The first kappa shape index (κ1) is 9.08. The van der Waals surface area contributed by atoms with Crippen molar-refractivity contribution >= 4 is 34.1 Å². The molecule has 0 fully saturated rings. The second-order valence-corrected chi connectivity index (χ2v) is 4.14. The number of nitrogens with zero attached hydrogens (tertiary/aromatic N) is 1. The third-order valence-electron chi connectivity index (χ3n) is 1.67. The van der Waals surface area contributed by atoms with E-state index in [1.807, 2.05) is 24.3 Å². The van der Waals surface area contributed by atoms with Crippen molar-refractivity contribution in [1.29, 1.82) is 0 Å². The zero-order chi connectivity index (χ0) is 9.97. The average molecular weight is 208 g/mol. The van der Waals surface area contributed by atoms with Gasteiger partial charge < -0.3 is 0 Å². The Morgan fingerprint density at radius 3 is 3.07 bits per heavy atom. The number of benzene rings is 1. The van der Waals surface area contributed by atoms with E-state index in [4.69, 9.17) is 0 Å². The fraction of sp³-hybridized carbons (Fsp3) is 0.111. The lowest BCUT2D eigenvalue weighted by molar-refractivity contribution is -0.117. The number of rotatable bonds is 1. The molecule has 1 atom stereocenters. The Hall–Kier alpha value is -1.49. The first-order chi connectivity index (χ1) is 6.75. The summed E-state index contributed by atoms with van der Waals surface area (Å²) >= 11 is -0.477. The van der Waals surface area contributed by atoms with E-state index in [2.05, 4.69) is 14.4 Å². The molecule has 1 aromatic rings. The van der Waals surface area contributed by atoms with Crippen molar-refractivity contribution in [2.24, 2.45) is 4.99 Å². The van der Waals surface area contributed by atoms with Crippen LogP contribution in [0, 0.1) is 0 Å². The van der Waals surface area contributed by atoms with Crippen LogP contribution in [0.25, 0.3) is 0 Å². The summed E-state index contributed by atoms with van der Waals surface area (Å²) in [6.07, 6.45) is 0. The first-order valence-electron chi connectivity index (χ1n) is 4.16. The van der Waals surface area contributed by atoms with Gasteiger partial charge in [-0.2, -0.15) is 4.72 Å². The number of anilines is 1. The number of fused-ring (bicyclic) bond motifs is 1. The summed E-state index contributed by atoms with van der Waals surface area (Å²) in [6, 6.07) is 7.72. The highest BCUT2D eigenvalue weighted by Gasteiger charge is 2.24. The van der Waals surface area contributed by atoms with Crippen LogP contribution in [0.3, 0.4) is 0 Å². The van der Waals surface area contributed by atoms with Gasteiger partial charge in [-0.15, -0.1) is 4.72 Å². The van der Waals surface area contributed by atoms with E-state index >= 15 is 0 Å². The Morgan fingerprint density at radius 1 is 1.50 bits per heavy atom. The smallest absolute Gasteiger partial charge is 0.271 e. The summed E-state index contributed by atoms with van der Waals surface area (Å²) in [5.74, 6) is -0.0633. The lowest BCUT2D eigenvalue weighted by Gasteiger charge is -2.10. The molecule has 0 aromatic heterocycles. The first-order valence-corrected chi connectivity index (χ1v) is 5.45. The number of carbonyl (C=O) groups is 1. The molecule has 0 aliphatic carbocycles. The number of hydrogen-bond donors (Lipinski definition) is 2. The Labute approximate surface area is 85.0 Å². The van der Waals surface area contributed by atoms with E-state index in [-0.39, 0.29) is 5.91 Å². The van der Waals surface area contributed by atoms with Gasteiger partial charge in [0.25, 0.3) is 22.7 Å². The van der Waals surface area contributed by atoms with Gasteiger partial charge >= 0.3 is 0 Å². The predicted molar refractivity (Wildman–Crippen MR) is 59.4 cm³/mol. The maximum absolute atomic E-state index is 10.8. The molecule has 72 valence electrons. The van der Waals surface area contributed by atoms with E-state index < -0.39 is 11.3 Å². The molecule has 0 radical (unpaired) electrons. The van der Waals surface area contributed by atoms with E-state index in [1.54, 1.807) is 5.55 Å². The third kappa shape index (κ3) is 1.88.